The second kappa shape index (κ2) is 3.90. The second-order valence-corrected chi connectivity index (χ2v) is 7.06. The lowest BCUT2D eigenvalue weighted by Crippen LogP contribution is -2.23. The summed E-state index contributed by atoms with van der Waals surface area (Å²) < 4.78 is 25.2. The Labute approximate surface area is 97.7 Å². The fourth-order valence-corrected chi connectivity index (χ4v) is 3.98. The molecule has 0 unspecified atom stereocenters. The minimum Gasteiger partial charge on any atom is -0.271 e. The first-order chi connectivity index (χ1) is 6.98. The Morgan fingerprint density at radius 1 is 1.47 bits per heavy atom. The smallest absolute Gasteiger partial charge is 0.150 e. The lowest BCUT2D eigenvalue weighted by atomic mass is 9.99. The molecular formula is C9H13BrN2O2S. The van der Waals surface area contributed by atoms with Gasteiger partial charge in [-0.2, -0.15) is 5.10 Å². The molecule has 1 fully saturated rings. The molecule has 1 aliphatic rings. The van der Waals surface area contributed by atoms with E-state index in [4.69, 9.17) is 0 Å². The Kier molecular flexibility index (Phi) is 2.89. The molecule has 0 atom stereocenters. The van der Waals surface area contributed by atoms with Crippen LogP contribution in [-0.2, 0) is 16.9 Å². The minimum absolute atomic E-state index is 0.306. The monoisotopic (exact) mass is 292 g/mol. The zero-order chi connectivity index (χ0) is 11.1. The lowest BCUT2D eigenvalue weighted by Gasteiger charge is -2.21. The quantitative estimate of drug-likeness (QED) is 0.788. The predicted octanol–water partition coefficient (Wildman–Crippen LogP) is 1.47. The van der Waals surface area contributed by atoms with E-state index in [9.17, 15) is 8.42 Å². The number of aryl methyl sites for hydroxylation is 1. The minimum atomic E-state index is -2.77. The number of nitrogens with zero attached hydrogens (tertiary/aromatic N) is 2. The van der Waals surface area contributed by atoms with Gasteiger partial charge in [0.1, 0.15) is 14.4 Å². The summed E-state index contributed by atoms with van der Waals surface area (Å²) in [5.74, 6) is 0.943. The van der Waals surface area contributed by atoms with Crippen LogP contribution in [0.1, 0.15) is 24.5 Å². The summed E-state index contributed by atoms with van der Waals surface area (Å²) in [4.78, 5) is 0. The second-order valence-electron chi connectivity index (χ2n) is 3.94. The van der Waals surface area contributed by atoms with Crippen LogP contribution in [0.4, 0.5) is 0 Å². The van der Waals surface area contributed by atoms with Crippen LogP contribution in [0, 0.1) is 0 Å². The van der Waals surface area contributed by atoms with Crippen molar-refractivity contribution in [1.29, 1.82) is 0 Å². The van der Waals surface area contributed by atoms with Crippen molar-refractivity contribution < 1.29 is 8.42 Å². The third-order valence-corrected chi connectivity index (χ3v) is 4.96. The van der Waals surface area contributed by atoms with Gasteiger partial charge in [-0.3, -0.25) is 4.68 Å². The first-order valence-corrected chi connectivity index (χ1v) is 7.49. The van der Waals surface area contributed by atoms with E-state index < -0.39 is 9.84 Å². The van der Waals surface area contributed by atoms with Gasteiger partial charge >= 0.3 is 0 Å². The number of hydrogen-bond acceptors (Lipinski definition) is 3. The molecule has 6 heteroatoms. The van der Waals surface area contributed by atoms with E-state index >= 15 is 0 Å². The average Bonchev–Trinajstić information content (AvgIpc) is 2.45. The molecule has 1 aromatic rings. The first-order valence-electron chi connectivity index (χ1n) is 4.88. The topological polar surface area (TPSA) is 52.0 Å². The summed E-state index contributed by atoms with van der Waals surface area (Å²) in [6.07, 6.45) is 1.43. The number of sulfone groups is 1. The summed E-state index contributed by atoms with van der Waals surface area (Å²) in [5, 5.41) is 4.21. The Morgan fingerprint density at radius 3 is 2.53 bits per heavy atom. The maximum atomic E-state index is 11.3. The largest absolute Gasteiger partial charge is 0.271 e. The molecule has 0 radical (unpaired) electrons. The molecule has 0 bridgehead atoms. The van der Waals surface area contributed by atoms with Crippen LogP contribution in [-0.4, -0.2) is 29.7 Å². The van der Waals surface area contributed by atoms with Gasteiger partial charge in [0.25, 0.3) is 0 Å². The summed E-state index contributed by atoms with van der Waals surface area (Å²) in [5.41, 5.74) is 1.12. The molecular weight excluding hydrogens is 280 g/mol. The highest BCUT2D eigenvalue weighted by Gasteiger charge is 2.26. The molecule has 0 amide bonds. The van der Waals surface area contributed by atoms with Gasteiger partial charge in [0.15, 0.2) is 0 Å². The van der Waals surface area contributed by atoms with Crippen molar-refractivity contribution in [2.75, 3.05) is 11.5 Å². The van der Waals surface area contributed by atoms with Crippen LogP contribution < -0.4 is 0 Å². The van der Waals surface area contributed by atoms with E-state index in [-0.39, 0.29) is 0 Å². The van der Waals surface area contributed by atoms with E-state index in [0.29, 0.717) is 30.3 Å². The highest BCUT2D eigenvalue weighted by atomic mass is 79.9. The molecule has 0 spiro atoms. The molecule has 0 N–H and O–H groups in total. The van der Waals surface area contributed by atoms with E-state index in [0.717, 1.165) is 10.3 Å². The van der Waals surface area contributed by atoms with Gasteiger partial charge in [0.2, 0.25) is 0 Å². The van der Waals surface area contributed by atoms with Gasteiger partial charge in [0, 0.05) is 18.7 Å². The Balaban J connectivity index is 2.17. The van der Waals surface area contributed by atoms with E-state index in [2.05, 4.69) is 21.0 Å². The van der Waals surface area contributed by atoms with Crippen LogP contribution in [0.25, 0.3) is 0 Å². The molecule has 2 heterocycles. The van der Waals surface area contributed by atoms with Crippen molar-refractivity contribution in [2.24, 2.45) is 7.05 Å². The normalized spacial score (nSPS) is 21.7. The number of rotatable bonds is 1. The van der Waals surface area contributed by atoms with Gasteiger partial charge < -0.3 is 0 Å². The van der Waals surface area contributed by atoms with E-state index in [1.54, 1.807) is 0 Å². The Hall–Kier alpha value is -0.360. The van der Waals surface area contributed by atoms with Crippen molar-refractivity contribution in [3.8, 4) is 0 Å². The van der Waals surface area contributed by atoms with Crippen LogP contribution in [0.5, 0.6) is 0 Å². The van der Waals surface area contributed by atoms with Gasteiger partial charge in [0.05, 0.1) is 11.5 Å². The molecule has 1 aromatic heterocycles. The van der Waals surface area contributed by atoms with Gasteiger partial charge in [-0.15, -0.1) is 0 Å². The first kappa shape index (κ1) is 11.1. The SMILES string of the molecule is Cn1nc(Br)cc1C1CCS(=O)(=O)CC1. The van der Waals surface area contributed by atoms with Crippen molar-refractivity contribution >= 4 is 25.8 Å². The number of halogens is 1. The van der Waals surface area contributed by atoms with E-state index in [1.165, 1.54) is 0 Å². The third kappa shape index (κ3) is 2.42. The highest BCUT2D eigenvalue weighted by molar-refractivity contribution is 9.10. The van der Waals surface area contributed by atoms with Crippen molar-refractivity contribution in [2.45, 2.75) is 18.8 Å². The summed E-state index contributed by atoms with van der Waals surface area (Å²) in [7, 11) is -0.879. The Bertz CT molecular complexity index is 452. The summed E-state index contributed by atoms with van der Waals surface area (Å²) in [6, 6.07) is 1.97. The third-order valence-electron chi connectivity index (χ3n) is 2.86. The molecule has 1 aliphatic heterocycles. The van der Waals surface area contributed by atoms with Crippen LogP contribution in [0.2, 0.25) is 0 Å². The van der Waals surface area contributed by atoms with Gasteiger partial charge in [-0.05, 0) is 34.8 Å². The number of aromatic nitrogens is 2. The molecule has 0 aromatic carbocycles. The number of hydrogen-bond donors (Lipinski definition) is 0. The zero-order valence-electron chi connectivity index (χ0n) is 8.48. The maximum absolute atomic E-state index is 11.3. The molecule has 15 heavy (non-hydrogen) atoms. The lowest BCUT2D eigenvalue weighted by molar-refractivity contribution is 0.527. The molecule has 1 saturated heterocycles. The highest BCUT2D eigenvalue weighted by Crippen LogP contribution is 2.29. The van der Waals surface area contributed by atoms with Crippen molar-refractivity contribution in [3.05, 3.63) is 16.4 Å². The molecule has 0 aliphatic carbocycles. The standard InChI is InChI=1S/C9H13BrN2O2S/c1-12-8(6-9(10)11-12)7-2-4-15(13,14)5-3-7/h6-7H,2-5H2,1H3. The van der Waals surface area contributed by atoms with Crippen LogP contribution >= 0.6 is 15.9 Å². The maximum Gasteiger partial charge on any atom is 0.150 e. The Morgan fingerprint density at radius 2 is 2.07 bits per heavy atom. The summed E-state index contributed by atoms with van der Waals surface area (Å²) in [6.45, 7) is 0. The van der Waals surface area contributed by atoms with Crippen LogP contribution in [0.15, 0.2) is 10.7 Å². The fraction of sp³-hybridized carbons (Fsp3) is 0.667. The molecule has 0 saturated carbocycles. The molecule has 84 valence electrons. The summed E-state index contributed by atoms with van der Waals surface area (Å²) >= 11 is 3.32. The van der Waals surface area contributed by atoms with Gasteiger partial charge in [-0.25, -0.2) is 8.42 Å². The average molecular weight is 293 g/mol. The van der Waals surface area contributed by atoms with E-state index in [1.807, 2.05) is 17.8 Å². The van der Waals surface area contributed by atoms with Crippen molar-refractivity contribution in [3.63, 3.8) is 0 Å². The molecule has 4 nitrogen and oxygen atoms in total. The molecule has 2 rings (SSSR count). The van der Waals surface area contributed by atoms with Crippen molar-refractivity contribution in [1.82, 2.24) is 9.78 Å². The van der Waals surface area contributed by atoms with Crippen LogP contribution in [0.3, 0.4) is 0 Å². The fourth-order valence-electron chi connectivity index (χ4n) is 2.01. The predicted molar refractivity (Wildman–Crippen MR) is 61.5 cm³/mol. The van der Waals surface area contributed by atoms with Gasteiger partial charge in [-0.1, -0.05) is 0 Å². The zero-order valence-corrected chi connectivity index (χ0v) is 10.9.